The number of benzene rings is 2. The number of anilines is 1. The third-order valence-corrected chi connectivity index (χ3v) is 4.00. The zero-order chi connectivity index (χ0) is 17.7. The summed E-state index contributed by atoms with van der Waals surface area (Å²) in [4.78, 5) is 12.5. The maximum absolute atomic E-state index is 12.5. The minimum atomic E-state index is -0.457. The number of hydrogen-bond donors (Lipinski definition) is 2. The third kappa shape index (κ3) is 4.29. The van der Waals surface area contributed by atoms with Crippen LogP contribution in [0.5, 0.6) is 11.5 Å². The molecule has 2 rings (SSSR count). The van der Waals surface area contributed by atoms with Crippen molar-refractivity contribution in [2.75, 3.05) is 19.5 Å². The molecule has 2 aromatic rings. The van der Waals surface area contributed by atoms with Crippen LogP contribution in [0.4, 0.5) is 5.69 Å². The fourth-order valence-corrected chi connectivity index (χ4v) is 2.49. The summed E-state index contributed by atoms with van der Waals surface area (Å²) in [6.45, 7) is 0. The van der Waals surface area contributed by atoms with Gasteiger partial charge in [-0.2, -0.15) is 0 Å². The lowest BCUT2D eigenvalue weighted by Gasteiger charge is -2.14. The normalized spacial score (nSPS) is 10.0. The summed E-state index contributed by atoms with van der Waals surface area (Å²) in [5.41, 5.74) is 0.850. The van der Waals surface area contributed by atoms with Gasteiger partial charge < -0.3 is 14.8 Å². The van der Waals surface area contributed by atoms with Gasteiger partial charge in [0, 0.05) is 5.69 Å². The number of halogens is 2. The van der Waals surface area contributed by atoms with Gasteiger partial charge in [-0.1, -0.05) is 29.3 Å². The standard InChI is InChI=1S/C16H14Cl2N2O3S/c1-22-12-4-3-5-13(23-2)14(12)15(21)20-16(24)19-9-6-7-10(17)11(18)8-9/h3-8H,1-2H3,(H2,19,20,21,24). The Kier molecular flexibility index (Phi) is 6.25. The van der Waals surface area contributed by atoms with Gasteiger partial charge in [0.2, 0.25) is 0 Å². The number of carbonyl (C=O) groups is 1. The van der Waals surface area contributed by atoms with Crippen LogP contribution >= 0.6 is 35.4 Å². The zero-order valence-electron chi connectivity index (χ0n) is 12.9. The first kappa shape index (κ1) is 18.3. The van der Waals surface area contributed by atoms with Crippen LogP contribution in [0.2, 0.25) is 10.0 Å². The van der Waals surface area contributed by atoms with E-state index in [9.17, 15) is 4.79 Å². The van der Waals surface area contributed by atoms with Crippen molar-refractivity contribution in [3.63, 3.8) is 0 Å². The van der Waals surface area contributed by atoms with Crippen molar-refractivity contribution in [1.29, 1.82) is 0 Å². The van der Waals surface area contributed by atoms with Gasteiger partial charge >= 0.3 is 0 Å². The molecule has 0 aromatic heterocycles. The summed E-state index contributed by atoms with van der Waals surface area (Å²) >= 11 is 16.9. The monoisotopic (exact) mass is 384 g/mol. The molecule has 0 saturated heterocycles. The molecule has 126 valence electrons. The van der Waals surface area contributed by atoms with Gasteiger partial charge in [0.15, 0.2) is 5.11 Å². The molecule has 0 saturated carbocycles. The smallest absolute Gasteiger partial charge is 0.264 e. The first-order valence-electron chi connectivity index (χ1n) is 6.74. The second-order valence-corrected chi connectivity index (χ2v) is 5.80. The van der Waals surface area contributed by atoms with Gasteiger partial charge in [-0.15, -0.1) is 0 Å². The average Bonchev–Trinajstić information content (AvgIpc) is 2.57. The van der Waals surface area contributed by atoms with E-state index in [1.54, 1.807) is 36.4 Å². The first-order valence-corrected chi connectivity index (χ1v) is 7.91. The average molecular weight is 385 g/mol. The molecule has 0 heterocycles. The molecule has 1 amide bonds. The number of rotatable bonds is 4. The summed E-state index contributed by atoms with van der Waals surface area (Å²) in [6.07, 6.45) is 0. The number of ether oxygens (including phenoxy) is 2. The Morgan fingerprint density at radius 1 is 1.04 bits per heavy atom. The summed E-state index contributed by atoms with van der Waals surface area (Å²) in [5, 5.41) is 6.34. The molecule has 0 aliphatic heterocycles. The Bertz CT molecular complexity index is 762. The highest BCUT2D eigenvalue weighted by Crippen LogP contribution is 2.28. The largest absolute Gasteiger partial charge is 0.496 e. The van der Waals surface area contributed by atoms with E-state index in [4.69, 9.17) is 44.9 Å². The number of amides is 1. The number of nitrogens with one attached hydrogen (secondary N) is 2. The minimum Gasteiger partial charge on any atom is -0.496 e. The highest BCUT2D eigenvalue weighted by Gasteiger charge is 2.19. The molecule has 0 spiro atoms. The lowest BCUT2D eigenvalue weighted by atomic mass is 10.1. The lowest BCUT2D eigenvalue weighted by Crippen LogP contribution is -2.34. The van der Waals surface area contributed by atoms with Crippen molar-refractivity contribution >= 4 is 52.1 Å². The molecule has 2 aromatic carbocycles. The highest BCUT2D eigenvalue weighted by molar-refractivity contribution is 7.80. The van der Waals surface area contributed by atoms with Crippen molar-refractivity contribution in [2.45, 2.75) is 0 Å². The van der Waals surface area contributed by atoms with Crippen molar-refractivity contribution < 1.29 is 14.3 Å². The van der Waals surface area contributed by atoms with Crippen LogP contribution in [0.25, 0.3) is 0 Å². The molecular formula is C16H14Cl2N2O3S. The predicted molar refractivity (Wildman–Crippen MR) is 99.7 cm³/mol. The van der Waals surface area contributed by atoms with Crippen molar-refractivity contribution in [3.05, 3.63) is 52.0 Å². The molecular weight excluding hydrogens is 371 g/mol. The summed E-state index contributed by atoms with van der Waals surface area (Å²) in [6, 6.07) is 9.96. The molecule has 0 atom stereocenters. The van der Waals surface area contributed by atoms with Crippen LogP contribution in [-0.4, -0.2) is 25.2 Å². The SMILES string of the molecule is COc1cccc(OC)c1C(=O)NC(=S)Nc1ccc(Cl)c(Cl)c1. The van der Waals surface area contributed by atoms with E-state index in [0.29, 0.717) is 27.2 Å². The summed E-state index contributed by atoms with van der Waals surface area (Å²) < 4.78 is 10.4. The second-order valence-electron chi connectivity index (χ2n) is 4.57. The van der Waals surface area contributed by atoms with Crippen LogP contribution in [0.3, 0.4) is 0 Å². The van der Waals surface area contributed by atoms with E-state index in [1.165, 1.54) is 14.2 Å². The Balaban J connectivity index is 2.14. The lowest BCUT2D eigenvalue weighted by molar-refractivity contribution is 0.0971. The van der Waals surface area contributed by atoms with Gasteiger partial charge in [-0.3, -0.25) is 10.1 Å². The molecule has 8 heteroatoms. The number of carbonyl (C=O) groups excluding carboxylic acids is 1. The van der Waals surface area contributed by atoms with E-state index < -0.39 is 5.91 Å². The summed E-state index contributed by atoms with van der Waals surface area (Å²) in [7, 11) is 2.94. The molecule has 0 aliphatic carbocycles. The topological polar surface area (TPSA) is 59.6 Å². The van der Waals surface area contributed by atoms with E-state index >= 15 is 0 Å². The molecule has 0 radical (unpaired) electrons. The quantitative estimate of drug-likeness (QED) is 0.775. The fourth-order valence-electron chi connectivity index (χ4n) is 1.98. The van der Waals surface area contributed by atoms with Gasteiger partial charge in [-0.25, -0.2) is 0 Å². The van der Waals surface area contributed by atoms with Crippen LogP contribution in [0, 0.1) is 0 Å². The molecule has 0 fully saturated rings. The van der Waals surface area contributed by atoms with Gasteiger partial charge in [0.05, 0.1) is 24.3 Å². The molecule has 0 unspecified atom stereocenters. The van der Waals surface area contributed by atoms with E-state index in [1.807, 2.05) is 0 Å². The van der Waals surface area contributed by atoms with Crippen LogP contribution in [-0.2, 0) is 0 Å². The Morgan fingerprint density at radius 2 is 1.67 bits per heavy atom. The maximum Gasteiger partial charge on any atom is 0.264 e. The van der Waals surface area contributed by atoms with Crippen LogP contribution < -0.4 is 20.1 Å². The molecule has 0 aliphatic rings. The van der Waals surface area contributed by atoms with Gasteiger partial charge in [0.25, 0.3) is 5.91 Å². The van der Waals surface area contributed by atoms with Gasteiger partial charge in [-0.05, 0) is 42.5 Å². The van der Waals surface area contributed by atoms with Crippen molar-refractivity contribution in [3.8, 4) is 11.5 Å². The molecule has 0 bridgehead atoms. The van der Waals surface area contributed by atoms with Crippen molar-refractivity contribution in [1.82, 2.24) is 5.32 Å². The van der Waals surface area contributed by atoms with Crippen LogP contribution in [0.15, 0.2) is 36.4 Å². The second kappa shape index (κ2) is 8.19. The van der Waals surface area contributed by atoms with Crippen molar-refractivity contribution in [2.24, 2.45) is 0 Å². The summed E-state index contributed by atoms with van der Waals surface area (Å²) in [5.74, 6) is 0.301. The minimum absolute atomic E-state index is 0.103. The number of thiocarbonyl (C=S) groups is 1. The van der Waals surface area contributed by atoms with E-state index in [2.05, 4.69) is 10.6 Å². The Hall–Kier alpha value is -2.02. The predicted octanol–water partition coefficient (Wildman–Crippen LogP) is 4.14. The fraction of sp³-hybridized carbons (Fsp3) is 0.125. The van der Waals surface area contributed by atoms with E-state index in [0.717, 1.165) is 0 Å². The zero-order valence-corrected chi connectivity index (χ0v) is 15.2. The molecule has 2 N–H and O–H groups in total. The number of hydrogen-bond acceptors (Lipinski definition) is 4. The van der Waals surface area contributed by atoms with Gasteiger partial charge in [0.1, 0.15) is 17.1 Å². The molecule has 24 heavy (non-hydrogen) atoms. The molecule has 5 nitrogen and oxygen atoms in total. The third-order valence-electron chi connectivity index (χ3n) is 3.06. The number of methoxy groups -OCH3 is 2. The maximum atomic E-state index is 12.5. The first-order chi connectivity index (χ1) is 11.5. The van der Waals surface area contributed by atoms with E-state index in [-0.39, 0.29) is 10.7 Å². The Morgan fingerprint density at radius 3 is 2.21 bits per heavy atom. The van der Waals surface area contributed by atoms with Crippen LogP contribution in [0.1, 0.15) is 10.4 Å². The Labute approximate surface area is 154 Å². The highest BCUT2D eigenvalue weighted by atomic mass is 35.5.